The summed E-state index contributed by atoms with van der Waals surface area (Å²) in [4.78, 5) is 16.3. The lowest BCUT2D eigenvalue weighted by Gasteiger charge is -2.11. The van der Waals surface area contributed by atoms with E-state index in [4.69, 9.17) is 0 Å². The van der Waals surface area contributed by atoms with E-state index < -0.39 is 0 Å². The van der Waals surface area contributed by atoms with Crippen molar-refractivity contribution >= 4 is 17.7 Å². The first-order chi connectivity index (χ1) is 10.2. The van der Waals surface area contributed by atoms with Crippen LogP contribution in [0.1, 0.15) is 58.2 Å². The number of nitrogens with zero attached hydrogens (tertiary/aromatic N) is 2. The van der Waals surface area contributed by atoms with Crippen LogP contribution in [0.4, 0.5) is 0 Å². The Balaban J connectivity index is 1.70. The summed E-state index contributed by atoms with van der Waals surface area (Å²) in [5.41, 5.74) is 0. The van der Waals surface area contributed by atoms with Gasteiger partial charge < -0.3 is 5.32 Å². The number of aromatic amines is 1. The molecule has 1 atom stereocenters. The fraction of sp³-hybridized carbons (Fsp3) is 0.800. The Morgan fingerprint density at radius 3 is 2.95 bits per heavy atom. The first kappa shape index (κ1) is 16.3. The van der Waals surface area contributed by atoms with Gasteiger partial charge in [-0.05, 0) is 19.3 Å². The molecule has 0 bridgehead atoms. The summed E-state index contributed by atoms with van der Waals surface area (Å²) in [5.74, 6) is 2.16. The Morgan fingerprint density at radius 2 is 2.24 bits per heavy atom. The van der Waals surface area contributed by atoms with Crippen LogP contribution >= 0.6 is 11.8 Å². The first-order valence-electron chi connectivity index (χ1n) is 8.00. The maximum Gasteiger partial charge on any atom is 0.230 e. The van der Waals surface area contributed by atoms with Crippen LogP contribution < -0.4 is 5.32 Å². The van der Waals surface area contributed by atoms with Crippen molar-refractivity contribution < 1.29 is 4.79 Å². The highest BCUT2D eigenvalue weighted by atomic mass is 32.2. The predicted octanol–water partition coefficient (Wildman–Crippen LogP) is 2.93. The lowest BCUT2D eigenvalue weighted by molar-refractivity contribution is -0.119. The minimum atomic E-state index is 0.0584. The van der Waals surface area contributed by atoms with Crippen molar-refractivity contribution in [2.75, 3.05) is 5.75 Å². The SMILES string of the molecule is CCCC(C)NC(=O)CSc1n[nH]c(CC2CCCC2)n1. The fourth-order valence-electron chi connectivity index (χ4n) is 2.87. The molecule has 1 unspecified atom stereocenters. The second-order valence-electron chi connectivity index (χ2n) is 5.97. The summed E-state index contributed by atoms with van der Waals surface area (Å²) in [6.45, 7) is 4.16. The number of hydrogen-bond acceptors (Lipinski definition) is 4. The lowest BCUT2D eigenvalue weighted by atomic mass is 10.0. The zero-order valence-corrected chi connectivity index (χ0v) is 13.8. The molecule has 0 aromatic carbocycles. The van der Waals surface area contributed by atoms with Crippen molar-refractivity contribution in [3.05, 3.63) is 5.82 Å². The lowest BCUT2D eigenvalue weighted by Crippen LogP contribution is -2.33. The van der Waals surface area contributed by atoms with E-state index in [-0.39, 0.29) is 11.9 Å². The number of H-pyrrole nitrogens is 1. The van der Waals surface area contributed by atoms with Gasteiger partial charge in [0.1, 0.15) is 5.82 Å². The van der Waals surface area contributed by atoms with Crippen molar-refractivity contribution in [3.63, 3.8) is 0 Å². The Morgan fingerprint density at radius 1 is 1.48 bits per heavy atom. The Kier molecular flexibility index (Phi) is 6.54. The van der Waals surface area contributed by atoms with Gasteiger partial charge in [0.05, 0.1) is 5.75 Å². The zero-order chi connectivity index (χ0) is 15.1. The number of hydrogen-bond donors (Lipinski definition) is 2. The molecule has 1 aromatic heterocycles. The number of amides is 1. The topological polar surface area (TPSA) is 70.7 Å². The molecule has 5 nitrogen and oxygen atoms in total. The minimum absolute atomic E-state index is 0.0584. The molecule has 1 aliphatic rings. The summed E-state index contributed by atoms with van der Waals surface area (Å²) >= 11 is 1.40. The van der Waals surface area contributed by atoms with E-state index in [0.717, 1.165) is 31.0 Å². The van der Waals surface area contributed by atoms with Crippen LogP contribution in [0, 0.1) is 5.92 Å². The van der Waals surface area contributed by atoms with Crippen LogP contribution in [0.25, 0.3) is 0 Å². The molecule has 1 heterocycles. The molecule has 1 amide bonds. The minimum Gasteiger partial charge on any atom is -0.353 e. The number of nitrogens with one attached hydrogen (secondary N) is 2. The quantitative estimate of drug-likeness (QED) is 0.724. The van der Waals surface area contributed by atoms with Gasteiger partial charge in [-0.1, -0.05) is 50.8 Å². The molecule has 2 rings (SSSR count). The zero-order valence-electron chi connectivity index (χ0n) is 13.0. The first-order valence-corrected chi connectivity index (χ1v) is 8.99. The molecular formula is C15H26N4OS. The summed E-state index contributed by atoms with van der Waals surface area (Å²) in [6, 6.07) is 0.244. The van der Waals surface area contributed by atoms with Crippen LogP contribution in [-0.4, -0.2) is 32.9 Å². The second kappa shape index (κ2) is 8.41. The highest BCUT2D eigenvalue weighted by molar-refractivity contribution is 7.99. The number of carbonyl (C=O) groups excluding carboxylic acids is 1. The third kappa shape index (κ3) is 5.69. The summed E-state index contributed by atoms with van der Waals surface area (Å²) in [7, 11) is 0. The summed E-state index contributed by atoms with van der Waals surface area (Å²) in [6.07, 6.45) is 8.39. The van der Waals surface area contributed by atoms with E-state index in [9.17, 15) is 4.79 Å². The van der Waals surface area contributed by atoms with Crippen LogP contribution in [0.5, 0.6) is 0 Å². The molecule has 1 saturated carbocycles. The highest BCUT2D eigenvalue weighted by Crippen LogP contribution is 2.27. The molecule has 0 spiro atoms. The predicted molar refractivity (Wildman–Crippen MR) is 85.3 cm³/mol. The normalized spacial score (nSPS) is 17.0. The number of carbonyl (C=O) groups is 1. The monoisotopic (exact) mass is 310 g/mol. The van der Waals surface area contributed by atoms with E-state index >= 15 is 0 Å². The van der Waals surface area contributed by atoms with Crippen molar-refractivity contribution in [1.29, 1.82) is 0 Å². The van der Waals surface area contributed by atoms with E-state index in [1.165, 1.54) is 37.4 Å². The summed E-state index contributed by atoms with van der Waals surface area (Å²) < 4.78 is 0. The van der Waals surface area contributed by atoms with Gasteiger partial charge in [0.2, 0.25) is 11.1 Å². The molecule has 118 valence electrons. The average Bonchev–Trinajstić information content (AvgIpc) is 3.09. The van der Waals surface area contributed by atoms with Gasteiger partial charge in [0, 0.05) is 12.5 Å². The third-order valence-electron chi connectivity index (χ3n) is 3.93. The van der Waals surface area contributed by atoms with Crippen molar-refractivity contribution in [3.8, 4) is 0 Å². The standard InChI is InChI=1S/C15H26N4OS/c1-3-6-11(2)16-14(20)10-21-15-17-13(18-19-15)9-12-7-4-5-8-12/h11-12H,3-10H2,1-2H3,(H,16,20)(H,17,18,19). The number of aromatic nitrogens is 3. The van der Waals surface area contributed by atoms with E-state index in [1.54, 1.807) is 0 Å². The molecular weight excluding hydrogens is 284 g/mol. The molecule has 0 saturated heterocycles. The van der Waals surface area contributed by atoms with Crippen molar-refractivity contribution in [2.24, 2.45) is 5.92 Å². The number of thioether (sulfide) groups is 1. The van der Waals surface area contributed by atoms with E-state index in [2.05, 4.69) is 27.4 Å². The second-order valence-corrected chi connectivity index (χ2v) is 6.91. The largest absolute Gasteiger partial charge is 0.353 e. The molecule has 2 N–H and O–H groups in total. The molecule has 0 aliphatic heterocycles. The molecule has 0 radical (unpaired) electrons. The van der Waals surface area contributed by atoms with Gasteiger partial charge in [-0.25, -0.2) is 4.98 Å². The van der Waals surface area contributed by atoms with Crippen LogP contribution in [-0.2, 0) is 11.2 Å². The Bertz CT molecular complexity index is 443. The van der Waals surface area contributed by atoms with Crippen LogP contribution in [0.2, 0.25) is 0 Å². The van der Waals surface area contributed by atoms with E-state index in [1.807, 2.05) is 6.92 Å². The van der Waals surface area contributed by atoms with Crippen molar-refractivity contribution in [1.82, 2.24) is 20.5 Å². The summed E-state index contributed by atoms with van der Waals surface area (Å²) in [5, 5.41) is 10.9. The molecule has 1 aliphatic carbocycles. The Hall–Kier alpha value is -1.04. The van der Waals surface area contributed by atoms with Gasteiger partial charge in [0.15, 0.2) is 0 Å². The Labute approximate surface area is 131 Å². The van der Waals surface area contributed by atoms with Gasteiger partial charge in [-0.3, -0.25) is 9.89 Å². The van der Waals surface area contributed by atoms with E-state index in [0.29, 0.717) is 10.9 Å². The smallest absolute Gasteiger partial charge is 0.230 e. The number of rotatable bonds is 8. The van der Waals surface area contributed by atoms with Crippen LogP contribution in [0.3, 0.4) is 0 Å². The van der Waals surface area contributed by atoms with Crippen LogP contribution in [0.15, 0.2) is 5.16 Å². The average molecular weight is 310 g/mol. The molecule has 6 heteroatoms. The maximum absolute atomic E-state index is 11.8. The molecule has 1 fully saturated rings. The highest BCUT2D eigenvalue weighted by Gasteiger charge is 2.17. The third-order valence-corrected chi connectivity index (χ3v) is 4.78. The van der Waals surface area contributed by atoms with Gasteiger partial charge in [0.25, 0.3) is 0 Å². The fourth-order valence-corrected chi connectivity index (χ4v) is 3.50. The van der Waals surface area contributed by atoms with Gasteiger partial charge >= 0.3 is 0 Å². The van der Waals surface area contributed by atoms with Crippen molar-refractivity contribution in [2.45, 2.75) is 70.0 Å². The molecule has 1 aromatic rings. The van der Waals surface area contributed by atoms with Gasteiger partial charge in [-0.15, -0.1) is 5.10 Å². The maximum atomic E-state index is 11.8. The molecule has 21 heavy (non-hydrogen) atoms. The van der Waals surface area contributed by atoms with Gasteiger partial charge in [-0.2, -0.15) is 0 Å².